The van der Waals surface area contributed by atoms with Gasteiger partial charge in [0.25, 0.3) is 0 Å². The zero-order chi connectivity index (χ0) is 30.7. The monoisotopic (exact) mass is 648 g/mol. The highest BCUT2D eigenvalue weighted by molar-refractivity contribution is 6.69. The molecule has 0 radical (unpaired) electrons. The van der Waals surface area contributed by atoms with E-state index in [2.05, 4.69) is 19.6 Å². The predicted molar refractivity (Wildman–Crippen MR) is 167 cm³/mol. The van der Waals surface area contributed by atoms with Gasteiger partial charge in [-0.3, -0.25) is 0 Å². The van der Waals surface area contributed by atoms with Crippen LogP contribution in [0.5, 0.6) is 0 Å². The Morgan fingerprint density at radius 2 is 0.548 bits per heavy atom. The molecule has 0 aliphatic heterocycles. The minimum absolute atomic E-state index is 0.523. The van der Waals surface area contributed by atoms with Crippen molar-refractivity contribution in [1.29, 1.82) is 0 Å². The Labute approximate surface area is 261 Å². The standard InChI is InChI=1S/C29H61ClO11Si/c1-42(2,3)41-29-28-40-27-26-39-25-24-38-23-22-37-21-20-36-19-18-35-17-16-34-15-14-33-13-12-32-11-10-31-9-7-5-4-6-8-30/h4-29H2,1-3H3. The van der Waals surface area contributed by atoms with Crippen LogP contribution in [0.2, 0.25) is 19.6 Å². The van der Waals surface area contributed by atoms with Crippen molar-refractivity contribution in [3.05, 3.63) is 0 Å². The molecular formula is C29H61ClO11Si. The van der Waals surface area contributed by atoms with Gasteiger partial charge in [-0.1, -0.05) is 12.8 Å². The molecule has 0 saturated carbocycles. The maximum absolute atomic E-state index is 5.71. The largest absolute Gasteiger partial charge is 0.415 e. The van der Waals surface area contributed by atoms with Gasteiger partial charge in [0.15, 0.2) is 8.32 Å². The normalized spacial score (nSPS) is 12.0. The number of rotatable bonds is 37. The van der Waals surface area contributed by atoms with E-state index in [4.69, 9.17) is 63.4 Å². The summed E-state index contributed by atoms with van der Waals surface area (Å²) in [5.74, 6) is 0.746. The lowest BCUT2D eigenvalue weighted by molar-refractivity contribution is -0.0267. The van der Waals surface area contributed by atoms with E-state index in [-0.39, 0.29) is 0 Å². The molecule has 0 aromatic rings. The lowest BCUT2D eigenvalue weighted by Crippen LogP contribution is -2.27. The van der Waals surface area contributed by atoms with Crippen molar-refractivity contribution in [1.82, 2.24) is 0 Å². The zero-order valence-electron chi connectivity index (χ0n) is 26.8. The van der Waals surface area contributed by atoms with E-state index < -0.39 is 8.32 Å². The smallest absolute Gasteiger partial charge is 0.183 e. The van der Waals surface area contributed by atoms with E-state index >= 15 is 0 Å². The average molecular weight is 649 g/mol. The Bertz CT molecular complexity index is 505. The maximum Gasteiger partial charge on any atom is 0.183 e. The lowest BCUT2D eigenvalue weighted by Gasteiger charge is -2.16. The van der Waals surface area contributed by atoms with Crippen molar-refractivity contribution in [3.63, 3.8) is 0 Å². The highest BCUT2D eigenvalue weighted by atomic mass is 35.5. The molecule has 0 bridgehead atoms. The van der Waals surface area contributed by atoms with Gasteiger partial charge in [0.05, 0.1) is 132 Å². The van der Waals surface area contributed by atoms with Gasteiger partial charge in [-0.15, -0.1) is 11.6 Å². The number of hydrogen-bond donors (Lipinski definition) is 0. The number of alkyl halides is 1. The molecule has 0 spiro atoms. The van der Waals surface area contributed by atoms with E-state index in [0.29, 0.717) is 132 Å². The number of ether oxygens (including phenoxy) is 10. The second-order valence-corrected chi connectivity index (χ2v) is 15.1. The topological polar surface area (TPSA) is 102 Å². The molecule has 42 heavy (non-hydrogen) atoms. The van der Waals surface area contributed by atoms with Gasteiger partial charge in [0, 0.05) is 12.5 Å². The van der Waals surface area contributed by atoms with Gasteiger partial charge in [-0.2, -0.15) is 0 Å². The van der Waals surface area contributed by atoms with E-state index in [0.717, 1.165) is 25.3 Å². The SMILES string of the molecule is C[Si](C)(C)OCCOCCOCCOCCOCCOCCOCCOCCOCCOCCOCCCCCCCl. The van der Waals surface area contributed by atoms with Crippen molar-refractivity contribution in [2.75, 3.05) is 145 Å². The van der Waals surface area contributed by atoms with E-state index in [9.17, 15) is 0 Å². The van der Waals surface area contributed by atoms with Gasteiger partial charge < -0.3 is 51.8 Å². The molecule has 0 aliphatic carbocycles. The van der Waals surface area contributed by atoms with Crippen LogP contribution < -0.4 is 0 Å². The third kappa shape index (κ3) is 40.1. The second-order valence-electron chi connectivity index (χ2n) is 10.2. The zero-order valence-corrected chi connectivity index (χ0v) is 28.5. The third-order valence-electron chi connectivity index (χ3n) is 5.28. The quantitative estimate of drug-likeness (QED) is 0.0558. The summed E-state index contributed by atoms with van der Waals surface area (Å²) in [7, 11) is -1.45. The van der Waals surface area contributed by atoms with Crippen LogP contribution in [-0.2, 0) is 51.8 Å². The van der Waals surface area contributed by atoms with Crippen LogP contribution >= 0.6 is 11.6 Å². The van der Waals surface area contributed by atoms with Crippen molar-refractivity contribution < 1.29 is 51.8 Å². The van der Waals surface area contributed by atoms with Crippen LogP contribution in [0.1, 0.15) is 25.7 Å². The van der Waals surface area contributed by atoms with Crippen LogP contribution in [0.4, 0.5) is 0 Å². The summed E-state index contributed by atoms with van der Waals surface area (Å²) in [4.78, 5) is 0. The van der Waals surface area contributed by atoms with E-state index in [1.54, 1.807) is 0 Å². The first kappa shape index (κ1) is 42.1. The molecule has 11 nitrogen and oxygen atoms in total. The van der Waals surface area contributed by atoms with Crippen LogP contribution in [0.25, 0.3) is 0 Å². The second kappa shape index (κ2) is 35.5. The van der Waals surface area contributed by atoms with Gasteiger partial charge in [-0.05, 0) is 32.5 Å². The molecule has 0 rings (SSSR count). The summed E-state index contributed by atoms with van der Waals surface area (Å²) in [6.07, 6.45) is 4.51. The molecule has 0 atom stereocenters. The van der Waals surface area contributed by atoms with Gasteiger partial charge in [0.2, 0.25) is 0 Å². The maximum atomic E-state index is 5.71. The summed E-state index contributed by atoms with van der Waals surface area (Å²) >= 11 is 5.65. The predicted octanol–water partition coefficient (Wildman–Crippen LogP) is 3.80. The van der Waals surface area contributed by atoms with E-state index in [1.165, 1.54) is 12.8 Å². The van der Waals surface area contributed by atoms with Gasteiger partial charge in [0.1, 0.15) is 0 Å². The molecule has 0 unspecified atom stereocenters. The first-order valence-corrected chi connectivity index (χ1v) is 19.5. The summed E-state index contributed by atoms with van der Waals surface area (Å²) < 4.78 is 60.5. The Hall–Kier alpha value is 0.0669. The number of hydrogen-bond acceptors (Lipinski definition) is 11. The Morgan fingerprint density at radius 3 is 0.810 bits per heavy atom. The van der Waals surface area contributed by atoms with Crippen LogP contribution in [-0.4, -0.2) is 153 Å². The summed E-state index contributed by atoms with van der Waals surface area (Å²) in [5.41, 5.74) is 0. The first-order valence-electron chi connectivity index (χ1n) is 15.5. The molecule has 0 aromatic heterocycles. The van der Waals surface area contributed by atoms with Crippen LogP contribution in [0.3, 0.4) is 0 Å². The fourth-order valence-electron chi connectivity index (χ4n) is 3.14. The van der Waals surface area contributed by atoms with Crippen LogP contribution in [0, 0.1) is 0 Å². The first-order chi connectivity index (χ1) is 20.6. The number of halogens is 1. The van der Waals surface area contributed by atoms with Crippen molar-refractivity contribution >= 4 is 19.9 Å². The molecule has 0 N–H and O–H groups in total. The molecule has 13 heteroatoms. The molecule has 0 amide bonds. The highest BCUT2D eigenvalue weighted by Gasteiger charge is 2.13. The fraction of sp³-hybridized carbons (Fsp3) is 1.00. The summed E-state index contributed by atoms with van der Waals surface area (Å²) in [5, 5.41) is 0. The van der Waals surface area contributed by atoms with Gasteiger partial charge >= 0.3 is 0 Å². The molecule has 0 aliphatic rings. The Balaban J connectivity index is 3.04. The lowest BCUT2D eigenvalue weighted by atomic mass is 10.2. The van der Waals surface area contributed by atoms with Gasteiger partial charge in [-0.25, -0.2) is 0 Å². The van der Waals surface area contributed by atoms with E-state index in [1.807, 2.05) is 0 Å². The molecule has 0 saturated heterocycles. The number of unbranched alkanes of at least 4 members (excludes halogenated alkanes) is 3. The average Bonchev–Trinajstić information content (AvgIpc) is 2.96. The molecule has 0 heterocycles. The molecule has 0 aromatic carbocycles. The third-order valence-corrected chi connectivity index (χ3v) is 6.62. The van der Waals surface area contributed by atoms with Crippen molar-refractivity contribution in [3.8, 4) is 0 Å². The van der Waals surface area contributed by atoms with Crippen molar-refractivity contribution in [2.45, 2.75) is 45.3 Å². The summed E-state index contributed by atoms with van der Waals surface area (Å²) in [6, 6.07) is 0. The fourth-order valence-corrected chi connectivity index (χ4v) is 4.02. The molecular weight excluding hydrogens is 588 g/mol. The Kier molecular flexibility index (Phi) is 35.6. The highest BCUT2D eigenvalue weighted by Crippen LogP contribution is 2.02. The molecule has 0 fully saturated rings. The summed E-state index contributed by atoms with van der Waals surface area (Å²) in [6.45, 7) is 18.3. The minimum atomic E-state index is -1.45. The Morgan fingerprint density at radius 1 is 0.310 bits per heavy atom. The van der Waals surface area contributed by atoms with Crippen LogP contribution in [0.15, 0.2) is 0 Å². The minimum Gasteiger partial charge on any atom is -0.415 e. The molecule has 254 valence electrons. The van der Waals surface area contributed by atoms with Crippen molar-refractivity contribution in [2.24, 2.45) is 0 Å².